The zero-order chi connectivity index (χ0) is 14.5. The number of ether oxygens (including phenoxy) is 1. The Morgan fingerprint density at radius 3 is 2.26 bits per heavy atom. The van der Waals surface area contributed by atoms with Crippen LogP contribution in [0.4, 0.5) is 0 Å². The topological polar surface area (TPSA) is 24.5 Å². The second kappa shape index (κ2) is 6.92. The normalized spacial score (nSPS) is 12.2. The molecule has 0 unspecified atom stereocenters. The number of hydrogen-bond donors (Lipinski definition) is 1. The molecule has 0 saturated heterocycles. The Kier molecular flexibility index (Phi) is 5.83. The van der Waals surface area contributed by atoms with Crippen LogP contribution >= 0.6 is 0 Å². The Morgan fingerprint density at radius 2 is 1.79 bits per heavy atom. The minimum atomic E-state index is 0.141. The fourth-order valence-corrected chi connectivity index (χ4v) is 2.00. The molecular formula is C16H28N2O. The van der Waals surface area contributed by atoms with Gasteiger partial charge in [-0.1, -0.05) is 12.1 Å². The van der Waals surface area contributed by atoms with Gasteiger partial charge in [0.2, 0.25) is 0 Å². The minimum Gasteiger partial charge on any atom is -0.491 e. The first-order valence-electron chi connectivity index (χ1n) is 6.96. The van der Waals surface area contributed by atoms with Gasteiger partial charge in [-0.15, -0.1) is 0 Å². The number of hydrogen-bond acceptors (Lipinski definition) is 3. The van der Waals surface area contributed by atoms with E-state index in [-0.39, 0.29) is 11.6 Å². The first-order valence-corrected chi connectivity index (χ1v) is 6.96. The molecule has 0 radical (unpaired) electrons. The first-order chi connectivity index (χ1) is 8.85. The van der Waals surface area contributed by atoms with Crippen molar-refractivity contribution in [1.29, 1.82) is 0 Å². The molecular weight excluding hydrogens is 236 g/mol. The lowest BCUT2D eigenvalue weighted by molar-refractivity contribution is 0.147. The number of nitrogens with one attached hydrogen (secondary N) is 1. The van der Waals surface area contributed by atoms with Crippen molar-refractivity contribution < 1.29 is 4.74 Å². The van der Waals surface area contributed by atoms with Crippen LogP contribution in [0, 0.1) is 0 Å². The van der Waals surface area contributed by atoms with Gasteiger partial charge in [0.25, 0.3) is 0 Å². The number of nitrogens with zero attached hydrogens (tertiary/aromatic N) is 1. The fraction of sp³-hybridized carbons (Fsp3) is 0.625. The average Bonchev–Trinajstić information content (AvgIpc) is 2.30. The molecule has 1 rings (SSSR count). The lowest BCUT2D eigenvalue weighted by Crippen LogP contribution is -2.47. The lowest BCUT2D eigenvalue weighted by atomic mass is 10.0. The average molecular weight is 264 g/mol. The minimum absolute atomic E-state index is 0.141. The second-order valence-corrected chi connectivity index (χ2v) is 6.01. The van der Waals surface area contributed by atoms with Gasteiger partial charge in [-0.25, -0.2) is 0 Å². The molecule has 0 bridgehead atoms. The molecule has 0 spiro atoms. The summed E-state index contributed by atoms with van der Waals surface area (Å²) in [5.41, 5.74) is 1.45. The zero-order valence-electron chi connectivity index (χ0n) is 13.2. The Hall–Kier alpha value is -1.06. The largest absolute Gasteiger partial charge is 0.491 e. The van der Waals surface area contributed by atoms with E-state index in [1.165, 1.54) is 5.56 Å². The van der Waals surface area contributed by atoms with Gasteiger partial charge < -0.3 is 10.1 Å². The fourth-order valence-electron chi connectivity index (χ4n) is 2.00. The summed E-state index contributed by atoms with van der Waals surface area (Å²) in [6.07, 6.45) is 0.225. The van der Waals surface area contributed by atoms with Crippen LogP contribution in [-0.2, 0) is 6.54 Å². The monoisotopic (exact) mass is 264 g/mol. The smallest absolute Gasteiger partial charge is 0.119 e. The van der Waals surface area contributed by atoms with Crippen LogP contribution < -0.4 is 10.1 Å². The summed E-state index contributed by atoms with van der Waals surface area (Å²) in [5.74, 6) is 0.941. The van der Waals surface area contributed by atoms with Crippen LogP contribution in [0.3, 0.4) is 0 Å². The predicted octanol–water partition coefficient (Wildman–Crippen LogP) is 2.90. The van der Waals surface area contributed by atoms with Gasteiger partial charge in [0.1, 0.15) is 5.75 Å². The van der Waals surface area contributed by atoms with Crippen molar-refractivity contribution in [1.82, 2.24) is 10.2 Å². The van der Waals surface area contributed by atoms with Crippen LogP contribution in [0.2, 0.25) is 0 Å². The molecule has 3 heteroatoms. The summed E-state index contributed by atoms with van der Waals surface area (Å²) >= 11 is 0. The van der Waals surface area contributed by atoms with Crippen molar-refractivity contribution in [3.8, 4) is 5.75 Å². The molecule has 0 aliphatic heterocycles. The standard InChI is InChI=1S/C16H28N2O/c1-13(2)19-15-9-7-14(8-10-15)11-18(6)16(3,4)12-17-5/h7-10,13,17H,11-12H2,1-6H3. The molecule has 0 aromatic heterocycles. The molecule has 0 heterocycles. The van der Waals surface area contributed by atoms with Crippen LogP contribution in [0.25, 0.3) is 0 Å². The maximum absolute atomic E-state index is 5.66. The summed E-state index contributed by atoms with van der Waals surface area (Å²) in [6, 6.07) is 8.38. The number of rotatable bonds is 7. The summed E-state index contributed by atoms with van der Waals surface area (Å²) < 4.78 is 5.66. The molecule has 0 aliphatic rings. The van der Waals surface area contributed by atoms with Gasteiger partial charge >= 0.3 is 0 Å². The van der Waals surface area contributed by atoms with Crippen LogP contribution in [0.1, 0.15) is 33.3 Å². The van der Waals surface area contributed by atoms with E-state index in [9.17, 15) is 0 Å². The third-order valence-corrected chi connectivity index (χ3v) is 3.36. The van der Waals surface area contributed by atoms with E-state index >= 15 is 0 Å². The summed E-state index contributed by atoms with van der Waals surface area (Å²) in [7, 11) is 4.16. The highest BCUT2D eigenvalue weighted by molar-refractivity contribution is 5.27. The van der Waals surface area contributed by atoms with E-state index in [1.54, 1.807) is 0 Å². The van der Waals surface area contributed by atoms with Crippen molar-refractivity contribution in [2.45, 2.75) is 45.9 Å². The first kappa shape index (κ1) is 16.0. The zero-order valence-corrected chi connectivity index (χ0v) is 13.2. The van der Waals surface area contributed by atoms with Crippen LogP contribution in [-0.4, -0.2) is 37.2 Å². The van der Waals surface area contributed by atoms with Crippen LogP contribution in [0.15, 0.2) is 24.3 Å². The molecule has 0 aliphatic carbocycles. The van der Waals surface area contributed by atoms with Gasteiger partial charge in [-0.05, 0) is 59.5 Å². The third-order valence-electron chi connectivity index (χ3n) is 3.36. The van der Waals surface area contributed by atoms with E-state index in [1.807, 2.05) is 33.0 Å². The van der Waals surface area contributed by atoms with Crippen molar-refractivity contribution in [3.05, 3.63) is 29.8 Å². The van der Waals surface area contributed by atoms with E-state index in [2.05, 4.69) is 43.2 Å². The SMILES string of the molecule is CNCC(C)(C)N(C)Cc1ccc(OC(C)C)cc1. The molecule has 1 aromatic rings. The van der Waals surface area contributed by atoms with Gasteiger partial charge in [0.15, 0.2) is 0 Å². The highest BCUT2D eigenvalue weighted by atomic mass is 16.5. The third kappa shape index (κ3) is 5.21. The number of likely N-dealkylation sites (N-methyl/N-ethyl adjacent to an activating group) is 2. The Labute approximate surface area is 118 Å². The molecule has 3 nitrogen and oxygen atoms in total. The Bertz CT molecular complexity index is 371. The van der Waals surface area contributed by atoms with E-state index in [0.717, 1.165) is 18.8 Å². The summed E-state index contributed by atoms with van der Waals surface area (Å²) in [5, 5.41) is 3.24. The van der Waals surface area contributed by atoms with Gasteiger partial charge in [-0.3, -0.25) is 4.90 Å². The molecule has 0 fully saturated rings. The second-order valence-electron chi connectivity index (χ2n) is 6.01. The van der Waals surface area contributed by atoms with E-state index < -0.39 is 0 Å². The molecule has 108 valence electrons. The van der Waals surface area contributed by atoms with Gasteiger partial charge in [0, 0.05) is 18.6 Å². The summed E-state index contributed by atoms with van der Waals surface area (Å²) in [4.78, 5) is 2.36. The molecule has 0 amide bonds. The van der Waals surface area contributed by atoms with E-state index in [4.69, 9.17) is 4.74 Å². The quantitative estimate of drug-likeness (QED) is 0.819. The maximum atomic E-state index is 5.66. The van der Waals surface area contributed by atoms with Crippen molar-refractivity contribution in [2.24, 2.45) is 0 Å². The number of benzene rings is 1. The van der Waals surface area contributed by atoms with E-state index in [0.29, 0.717) is 0 Å². The maximum Gasteiger partial charge on any atom is 0.119 e. The van der Waals surface area contributed by atoms with Crippen molar-refractivity contribution >= 4 is 0 Å². The van der Waals surface area contributed by atoms with Crippen LogP contribution in [0.5, 0.6) is 5.75 Å². The molecule has 1 aromatic carbocycles. The molecule has 1 N–H and O–H groups in total. The lowest BCUT2D eigenvalue weighted by Gasteiger charge is -2.35. The molecule has 19 heavy (non-hydrogen) atoms. The van der Waals surface area contributed by atoms with Gasteiger partial charge in [0.05, 0.1) is 6.10 Å². The predicted molar refractivity (Wildman–Crippen MR) is 81.7 cm³/mol. The molecule has 0 saturated carbocycles. The highest BCUT2D eigenvalue weighted by Crippen LogP contribution is 2.18. The Balaban J connectivity index is 2.62. The highest BCUT2D eigenvalue weighted by Gasteiger charge is 2.22. The summed E-state index contributed by atoms with van der Waals surface area (Å²) in [6.45, 7) is 10.5. The van der Waals surface area contributed by atoms with Crippen molar-refractivity contribution in [3.63, 3.8) is 0 Å². The van der Waals surface area contributed by atoms with Crippen molar-refractivity contribution in [2.75, 3.05) is 20.6 Å². The molecule has 0 atom stereocenters. The Morgan fingerprint density at radius 1 is 1.21 bits per heavy atom. The van der Waals surface area contributed by atoms with Gasteiger partial charge in [-0.2, -0.15) is 0 Å².